The lowest BCUT2D eigenvalue weighted by Gasteiger charge is -2.41. The Balaban J connectivity index is 2.34. The number of esters is 1. The smallest absolute Gasteiger partial charge is 0.457 e. The average Bonchev–Trinajstić information content (AvgIpc) is 3.28. The number of phosphoric acid groups is 1. The molecule has 1 aliphatic rings. The average molecular weight is 933 g/mol. The molecule has 1 rings (SSSR count). The molecule has 0 aromatic heterocycles. The Labute approximate surface area is 390 Å². The number of hydrogen-bond acceptors (Lipinski definition) is 11. The second-order valence-electron chi connectivity index (χ2n) is 18.4. The molecule has 12 nitrogen and oxygen atoms in total. The first kappa shape index (κ1) is 60.8. The summed E-state index contributed by atoms with van der Waals surface area (Å²) in [6, 6.07) is 0. The van der Waals surface area contributed by atoms with Crippen LogP contribution in [0.4, 0.5) is 0 Å². The van der Waals surface area contributed by atoms with Gasteiger partial charge in [0.1, 0.15) is 42.7 Å². The predicted octanol–water partition coefficient (Wildman–Crippen LogP) is 11.7. The maximum atomic E-state index is 12.9. The lowest BCUT2D eigenvalue weighted by atomic mass is 9.85. The largest absolute Gasteiger partial charge is 0.472 e. The van der Waals surface area contributed by atoms with E-state index >= 15 is 0 Å². The first-order valence-corrected chi connectivity index (χ1v) is 27.7. The van der Waals surface area contributed by atoms with Gasteiger partial charge in [0, 0.05) is 13.0 Å². The summed E-state index contributed by atoms with van der Waals surface area (Å²) < 4.78 is 34.3. The molecule has 1 aliphatic carbocycles. The molecular weight excluding hydrogens is 836 g/mol. The standard InChI is InChI=1S/C51H97O12P/c1-3-5-7-9-11-13-15-17-19-21-23-25-27-29-31-33-35-37-39-41-60-42-44(43-61-64(58,59)63-51-49(56)47(54)46(53)48(55)50(51)57)62-45(52)40-38-36-34-32-30-28-26-24-22-20-18-16-14-12-10-8-6-4-2/h19-22,44,46-51,53-57H,3-18,23-43H2,1-2H3,(H,58,59)/b21-19-,22-20-. The molecule has 0 spiro atoms. The normalized spacial score (nSPS) is 21.8. The van der Waals surface area contributed by atoms with Crippen LogP contribution in [-0.2, 0) is 27.9 Å². The van der Waals surface area contributed by atoms with Gasteiger partial charge in [0.25, 0.3) is 0 Å². The molecular formula is C51H97O12P. The molecule has 0 aliphatic heterocycles. The molecule has 64 heavy (non-hydrogen) atoms. The van der Waals surface area contributed by atoms with Crippen LogP contribution < -0.4 is 0 Å². The van der Waals surface area contributed by atoms with Gasteiger partial charge in [-0.1, -0.05) is 186 Å². The SMILES string of the molecule is CCCCCCCCC/C=C\CCCCCCCCCCOCC(COP(=O)(O)OC1C(O)C(O)C(O)C(O)C1O)OC(=O)CCCCCCCCC/C=C\CCCCCCCCC. The lowest BCUT2D eigenvalue weighted by Crippen LogP contribution is -2.64. The van der Waals surface area contributed by atoms with Crippen molar-refractivity contribution in [2.75, 3.05) is 19.8 Å². The van der Waals surface area contributed by atoms with Crippen molar-refractivity contribution in [2.24, 2.45) is 0 Å². The highest BCUT2D eigenvalue weighted by Gasteiger charge is 2.51. The molecule has 6 N–H and O–H groups in total. The van der Waals surface area contributed by atoms with Gasteiger partial charge in [0.05, 0.1) is 13.2 Å². The zero-order chi connectivity index (χ0) is 46.9. The van der Waals surface area contributed by atoms with Crippen molar-refractivity contribution in [3.8, 4) is 0 Å². The molecule has 1 saturated carbocycles. The number of phosphoric ester groups is 1. The van der Waals surface area contributed by atoms with Gasteiger partial charge >= 0.3 is 13.8 Å². The summed E-state index contributed by atoms with van der Waals surface area (Å²) in [5.74, 6) is -0.480. The van der Waals surface area contributed by atoms with E-state index in [9.17, 15) is 39.8 Å². The third kappa shape index (κ3) is 33.3. The van der Waals surface area contributed by atoms with E-state index < -0.39 is 63.1 Å². The number of aliphatic hydroxyl groups excluding tert-OH is 5. The summed E-state index contributed by atoms with van der Waals surface area (Å²) >= 11 is 0. The second-order valence-corrected chi connectivity index (χ2v) is 19.8. The minimum atomic E-state index is -5.02. The number of unbranched alkanes of at least 4 members (excludes halogenated alkanes) is 29. The number of hydrogen-bond donors (Lipinski definition) is 6. The fraction of sp³-hybridized carbons (Fsp3) is 0.902. The number of aliphatic hydroxyl groups is 5. The van der Waals surface area contributed by atoms with Crippen molar-refractivity contribution in [1.82, 2.24) is 0 Å². The number of carbonyl (C=O) groups is 1. The predicted molar refractivity (Wildman–Crippen MR) is 258 cm³/mol. The molecule has 0 aromatic carbocycles. The van der Waals surface area contributed by atoms with Crippen LogP contribution in [-0.4, -0.2) is 98.9 Å². The Morgan fingerprint density at radius 3 is 1.23 bits per heavy atom. The van der Waals surface area contributed by atoms with E-state index in [0.29, 0.717) is 13.0 Å². The molecule has 0 aromatic rings. The third-order valence-electron chi connectivity index (χ3n) is 12.3. The Bertz CT molecular complexity index is 1150. The van der Waals surface area contributed by atoms with Gasteiger partial charge in [0.15, 0.2) is 0 Å². The van der Waals surface area contributed by atoms with Crippen molar-refractivity contribution in [3.63, 3.8) is 0 Å². The highest BCUT2D eigenvalue weighted by atomic mass is 31.2. The molecule has 13 heteroatoms. The molecule has 0 saturated heterocycles. The van der Waals surface area contributed by atoms with E-state index in [1.165, 1.54) is 161 Å². The minimum Gasteiger partial charge on any atom is -0.457 e. The summed E-state index contributed by atoms with van der Waals surface area (Å²) in [5.41, 5.74) is 0. The van der Waals surface area contributed by atoms with E-state index in [4.69, 9.17) is 18.5 Å². The maximum absolute atomic E-state index is 12.9. The van der Waals surface area contributed by atoms with Gasteiger partial charge in [-0.25, -0.2) is 4.57 Å². The van der Waals surface area contributed by atoms with Crippen LogP contribution in [0.5, 0.6) is 0 Å². The highest BCUT2D eigenvalue weighted by molar-refractivity contribution is 7.47. The number of ether oxygens (including phenoxy) is 2. The zero-order valence-corrected chi connectivity index (χ0v) is 41.5. The van der Waals surface area contributed by atoms with Crippen LogP contribution in [0.25, 0.3) is 0 Å². The van der Waals surface area contributed by atoms with Gasteiger partial charge in [0.2, 0.25) is 0 Å². The molecule has 0 amide bonds. The van der Waals surface area contributed by atoms with Crippen molar-refractivity contribution >= 4 is 13.8 Å². The molecule has 0 bridgehead atoms. The van der Waals surface area contributed by atoms with Crippen LogP contribution in [0, 0.1) is 0 Å². The van der Waals surface area contributed by atoms with E-state index in [-0.39, 0.29) is 13.0 Å². The fourth-order valence-corrected chi connectivity index (χ4v) is 9.08. The third-order valence-corrected chi connectivity index (χ3v) is 13.3. The summed E-state index contributed by atoms with van der Waals surface area (Å²) in [6.07, 6.45) is 36.7. The molecule has 6 unspecified atom stereocenters. The Morgan fingerprint density at radius 2 is 0.828 bits per heavy atom. The van der Waals surface area contributed by atoms with Crippen molar-refractivity contribution < 1.29 is 58.3 Å². The molecule has 0 heterocycles. The quantitative estimate of drug-likeness (QED) is 0.0147. The Hall–Kier alpha value is -1.18. The van der Waals surface area contributed by atoms with Gasteiger partial charge in [-0.3, -0.25) is 13.8 Å². The van der Waals surface area contributed by atoms with E-state index in [0.717, 1.165) is 44.9 Å². The molecule has 0 radical (unpaired) electrons. The molecule has 1 fully saturated rings. The fourth-order valence-electron chi connectivity index (χ4n) is 8.11. The van der Waals surface area contributed by atoms with Gasteiger partial charge < -0.3 is 39.9 Å². The van der Waals surface area contributed by atoms with Crippen molar-refractivity contribution in [3.05, 3.63) is 24.3 Å². The van der Waals surface area contributed by atoms with E-state index in [1.807, 2.05) is 0 Å². The van der Waals surface area contributed by atoms with E-state index in [2.05, 4.69) is 38.2 Å². The zero-order valence-electron chi connectivity index (χ0n) is 40.6. The first-order valence-electron chi connectivity index (χ1n) is 26.2. The second kappa shape index (κ2) is 42.0. The number of allylic oxidation sites excluding steroid dienone is 4. The van der Waals surface area contributed by atoms with Crippen LogP contribution in [0.15, 0.2) is 24.3 Å². The van der Waals surface area contributed by atoms with E-state index in [1.54, 1.807) is 0 Å². The summed E-state index contributed by atoms with van der Waals surface area (Å²) in [4.78, 5) is 23.2. The summed E-state index contributed by atoms with van der Waals surface area (Å²) in [5, 5.41) is 50.3. The topological polar surface area (TPSA) is 192 Å². The minimum absolute atomic E-state index is 0.0775. The monoisotopic (exact) mass is 933 g/mol. The van der Waals surface area contributed by atoms with Crippen molar-refractivity contribution in [1.29, 1.82) is 0 Å². The van der Waals surface area contributed by atoms with Crippen LogP contribution >= 0.6 is 7.82 Å². The lowest BCUT2D eigenvalue weighted by molar-refractivity contribution is -0.220. The van der Waals surface area contributed by atoms with Gasteiger partial charge in [-0.05, 0) is 64.2 Å². The van der Waals surface area contributed by atoms with Crippen molar-refractivity contribution in [2.45, 2.75) is 275 Å². The van der Waals surface area contributed by atoms with Crippen LogP contribution in [0.3, 0.4) is 0 Å². The van der Waals surface area contributed by atoms with Crippen LogP contribution in [0.2, 0.25) is 0 Å². The molecule has 378 valence electrons. The van der Waals surface area contributed by atoms with Gasteiger partial charge in [-0.2, -0.15) is 0 Å². The maximum Gasteiger partial charge on any atom is 0.472 e. The number of rotatable bonds is 45. The Kier molecular flexibility index (Phi) is 39.9. The summed E-state index contributed by atoms with van der Waals surface area (Å²) in [6.45, 7) is 4.28. The Morgan fingerprint density at radius 1 is 0.484 bits per heavy atom. The number of carbonyl (C=O) groups excluding carboxylic acids is 1. The van der Waals surface area contributed by atoms with Gasteiger partial charge in [-0.15, -0.1) is 0 Å². The highest BCUT2D eigenvalue weighted by Crippen LogP contribution is 2.47. The summed E-state index contributed by atoms with van der Waals surface area (Å²) in [7, 11) is -5.02. The first-order chi connectivity index (χ1) is 31.0. The van der Waals surface area contributed by atoms with Crippen LogP contribution in [0.1, 0.15) is 232 Å². The molecule has 6 atom stereocenters.